The summed E-state index contributed by atoms with van der Waals surface area (Å²) >= 11 is 0. The molecule has 2 fully saturated rings. The van der Waals surface area contributed by atoms with E-state index in [0.717, 1.165) is 19.8 Å². The summed E-state index contributed by atoms with van der Waals surface area (Å²) in [4.78, 5) is 0. The molecule has 0 bridgehead atoms. The molecule has 3 unspecified atom stereocenters. The molecule has 5 nitrogen and oxygen atoms in total. The van der Waals surface area contributed by atoms with Crippen LogP contribution in [0.25, 0.3) is 0 Å². The highest BCUT2D eigenvalue weighted by atomic mass is 16.6. The Labute approximate surface area is 90.0 Å². The van der Waals surface area contributed by atoms with Crippen LogP contribution in [-0.4, -0.2) is 64.9 Å². The lowest BCUT2D eigenvalue weighted by molar-refractivity contribution is -0.0223. The summed E-state index contributed by atoms with van der Waals surface area (Å²) in [5, 5.41) is 3.09. The van der Waals surface area contributed by atoms with Crippen molar-refractivity contribution < 1.29 is 18.9 Å². The second-order valence-electron chi connectivity index (χ2n) is 3.96. The van der Waals surface area contributed by atoms with Crippen molar-refractivity contribution in [2.24, 2.45) is 0 Å². The Hall–Kier alpha value is -0.200. The van der Waals surface area contributed by atoms with Gasteiger partial charge in [0, 0.05) is 6.54 Å². The number of rotatable bonds is 9. The maximum atomic E-state index is 5.66. The Morgan fingerprint density at radius 1 is 1.27 bits per heavy atom. The number of ether oxygens (including phenoxy) is 4. The van der Waals surface area contributed by atoms with Crippen molar-refractivity contribution in [1.82, 2.24) is 5.32 Å². The molecule has 15 heavy (non-hydrogen) atoms. The number of likely N-dealkylation sites (N-methyl/N-ethyl adjacent to an activating group) is 1. The number of hydrogen-bond donors (Lipinski definition) is 1. The fourth-order valence-corrected chi connectivity index (χ4v) is 1.30. The monoisotopic (exact) mass is 217 g/mol. The van der Waals surface area contributed by atoms with Gasteiger partial charge in [0.1, 0.15) is 12.2 Å². The second kappa shape index (κ2) is 5.77. The summed E-state index contributed by atoms with van der Waals surface area (Å²) in [6.45, 7) is 4.46. The van der Waals surface area contributed by atoms with Gasteiger partial charge in [0.25, 0.3) is 0 Å². The lowest BCUT2D eigenvalue weighted by Gasteiger charge is -2.16. The van der Waals surface area contributed by atoms with E-state index >= 15 is 0 Å². The molecule has 0 radical (unpaired) electrons. The molecule has 1 N–H and O–H groups in total. The Balaban J connectivity index is 1.53. The van der Waals surface area contributed by atoms with E-state index in [0.29, 0.717) is 32.0 Å². The van der Waals surface area contributed by atoms with E-state index < -0.39 is 0 Å². The predicted molar refractivity (Wildman–Crippen MR) is 54.0 cm³/mol. The van der Waals surface area contributed by atoms with Gasteiger partial charge in [-0.3, -0.25) is 0 Å². The van der Waals surface area contributed by atoms with Crippen molar-refractivity contribution in [2.45, 2.75) is 18.3 Å². The molecule has 2 heterocycles. The van der Waals surface area contributed by atoms with E-state index in [1.165, 1.54) is 0 Å². The quantitative estimate of drug-likeness (QED) is 0.523. The van der Waals surface area contributed by atoms with E-state index in [4.69, 9.17) is 18.9 Å². The standard InChI is InChI=1S/C10H19NO4/c1-11-2-8(13-6-10-7-15-10)3-12-4-9-5-14-9/h8-11H,2-7H2,1H3. The van der Waals surface area contributed by atoms with Crippen molar-refractivity contribution in [1.29, 1.82) is 0 Å². The molecule has 0 spiro atoms. The highest BCUT2D eigenvalue weighted by Gasteiger charge is 2.25. The molecule has 0 saturated carbocycles. The zero-order valence-corrected chi connectivity index (χ0v) is 9.11. The van der Waals surface area contributed by atoms with E-state index in [-0.39, 0.29) is 6.10 Å². The normalized spacial score (nSPS) is 30.2. The van der Waals surface area contributed by atoms with Gasteiger partial charge in [0.2, 0.25) is 0 Å². The van der Waals surface area contributed by atoms with Crippen molar-refractivity contribution in [3.05, 3.63) is 0 Å². The highest BCUT2D eigenvalue weighted by molar-refractivity contribution is 4.71. The Morgan fingerprint density at radius 2 is 1.93 bits per heavy atom. The third kappa shape index (κ3) is 4.90. The fourth-order valence-electron chi connectivity index (χ4n) is 1.30. The molecule has 2 aliphatic heterocycles. The molecular weight excluding hydrogens is 198 g/mol. The van der Waals surface area contributed by atoms with Gasteiger partial charge in [-0.2, -0.15) is 0 Å². The summed E-state index contributed by atoms with van der Waals surface area (Å²) in [6, 6.07) is 0. The van der Waals surface area contributed by atoms with Gasteiger partial charge in [-0.05, 0) is 7.05 Å². The molecular formula is C10H19NO4. The van der Waals surface area contributed by atoms with Crippen molar-refractivity contribution >= 4 is 0 Å². The molecule has 0 aromatic rings. The number of hydrogen-bond acceptors (Lipinski definition) is 5. The third-order valence-electron chi connectivity index (χ3n) is 2.36. The molecule has 2 aliphatic rings. The smallest absolute Gasteiger partial charge is 0.104 e. The molecule has 0 aromatic carbocycles. The van der Waals surface area contributed by atoms with Crippen LogP contribution in [0.3, 0.4) is 0 Å². The van der Waals surface area contributed by atoms with Crippen LogP contribution in [0.2, 0.25) is 0 Å². The molecule has 2 saturated heterocycles. The first-order valence-corrected chi connectivity index (χ1v) is 5.45. The molecule has 0 aromatic heterocycles. The highest BCUT2D eigenvalue weighted by Crippen LogP contribution is 2.11. The van der Waals surface area contributed by atoms with Crippen LogP contribution in [0.1, 0.15) is 0 Å². The molecule has 0 aliphatic carbocycles. The number of epoxide rings is 2. The maximum Gasteiger partial charge on any atom is 0.104 e. The number of nitrogens with one attached hydrogen (secondary N) is 1. The summed E-state index contributed by atoms with van der Waals surface area (Å²) in [5.74, 6) is 0. The average molecular weight is 217 g/mol. The Morgan fingerprint density at radius 3 is 2.53 bits per heavy atom. The van der Waals surface area contributed by atoms with Crippen LogP contribution >= 0.6 is 0 Å². The zero-order valence-electron chi connectivity index (χ0n) is 9.11. The minimum atomic E-state index is 0.109. The first kappa shape index (κ1) is 11.3. The fraction of sp³-hybridized carbons (Fsp3) is 1.00. The third-order valence-corrected chi connectivity index (χ3v) is 2.36. The van der Waals surface area contributed by atoms with Gasteiger partial charge in [-0.15, -0.1) is 0 Å². The van der Waals surface area contributed by atoms with Gasteiger partial charge in [0.15, 0.2) is 0 Å². The lowest BCUT2D eigenvalue weighted by Crippen LogP contribution is -2.32. The molecule has 0 amide bonds. The van der Waals surface area contributed by atoms with Crippen LogP contribution in [-0.2, 0) is 18.9 Å². The van der Waals surface area contributed by atoms with E-state index in [2.05, 4.69) is 5.32 Å². The maximum absolute atomic E-state index is 5.66. The van der Waals surface area contributed by atoms with Crippen LogP contribution in [0.4, 0.5) is 0 Å². The summed E-state index contributed by atoms with van der Waals surface area (Å²) in [7, 11) is 1.91. The van der Waals surface area contributed by atoms with Gasteiger partial charge in [-0.1, -0.05) is 0 Å². The van der Waals surface area contributed by atoms with Crippen LogP contribution in [0, 0.1) is 0 Å². The van der Waals surface area contributed by atoms with Gasteiger partial charge >= 0.3 is 0 Å². The van der Waals surface area contributed by atoms with E-state index in [1.807, 2.05) is 7.05 Å². The van der Waals surface area contributed by atoms with Crippen molar-refractivity contribution in [2.75, 3.05) is 46.6 Å². The van der Waals surface area contributed by atoms with Crippen LogP contribution < -0.4 is 5.32 Å². The van der Waals surface area contributed by atoms with Crippen molar-refractivity contribution in [3.63, 3.8) is 0 Å². The first-order valence-electron chi connectivity index (χ1n) is 5.45. The topological polar surface area (TPSA) is 55.5 Å². The average Bonchev–Trinajstić information content (AvgIpc) is 3.08. The second-order valence-corrected chi connectivity index (χ2v) is 3.96. The van der Waals surface area contributed by atoms with E-state index in [9.17, 15) is 0 Å². The van der Waals surface area contributed by atoms with Gasteiger partial charge in [0.05, 0.1) is 39.1 Å². The molecule has 88 valence electrons. The minimum absolute atomic E-state index is 0.109. The van der Waals surface area contributed by atoms with Crippen LogP contribution in [0.15, 0.2) is 0 Å². The Bertz CT molecular complexity index is 182. The van der Waals surface area contributed by atoms with E-state index in [1.54, 1.807) is 0 Å². The summed E-state index contributed by atoms with van der Waals surface area (Å²) in [6.07, 6.45) is 0.751. The van der Waals surface area contributed by atoms with Crippen molar-refractivity contribution in [3.8, 4) is 0 Å². The molecule has 5 heteroatoms. The van der Waals surface area contributed by atoms with Crippen LogP contribution in [0.5, 0.6) is 0 Å². The Kier molecular flexibility index (Phi) is 4.34. The largest absolute Gasteiger partial charge is 0.376 e. The first-order chi connectivity index (χ1) is 7.38. The van der Waals surface area contributed by atoms with Gasteiger partial charge in [-0.25, -0.2) is 0 Å². The molecule has 3 atom stereocenters. The minimum Gasteiger partial charge on any atom is -0.376 e. The zero-order chi connectivity index (χ0) is 10.5. The lowest BCUT2D eigenvalue weighted by atomic mass is 10.3. The molecule has 2 rings (SSSR count). The SMILES string of the molecule is CNCC(COCC1CO1)OCC1CO1. The predicted octanol–water partition coefficient (Wildman–Crippen LogP) is -0.595. The summed E-state index contributed by atoms with van der Waals surface area (Å²) < 4.78 is 21.3. The van der Waals surface area contributed by atoms with Gasteiger partial charge < -0.3 is 24.3 Å². The summed E-state index contributed by atoms with van der Waals surface area (Å²) in [5.41, 5.74) is 0.